The second-order valence-electron chi connectivity index (χ2n) is 11.1. The molecule has 0 aromatic heterocycles. The number of rotatable bonds is 6. The third kappa shape index (κ3) is 4.25. The number of carbonyl (C=O) groups excluding carboxylic acids is 1. The van der Waals surface area contributed by atoms with E-state index in [1.165, 1.54) is 12.0 Å². The summed E-state index contributed by atoms with van der Waals surface area (Å²) in [6.45, 7) is 2.48. The zero-order valence-electron chi connectivity index (χ0n) is 19.9. The lowest BCUT2D eigenvalue weighted by molar-refractivity contribution is -0.0291. The second kappa shape index (κ2) is 9.01. The monoisotopic (exact) mass is 460 g/mol. The van der Waals surface area contributed by atoms with Crippen LogP contribution in [0.5, 0.6) is 0 Å². The summed E-state index contributed by atoms with van der Waals surface area (Å²) >= 11 is 0. The van der Waals surface area contributed by atoms with Gasteiger partial charge in [-0.05, 0) is 92.5 Å². The summed E-state index contributed by atoms with van der Waals surface area (Å²) in [5.41, 5.74) is 2.30. The van der Waals surface area contributed by atoms with E-state index in [9.17, 15) is 9.90 Å². The molecule has 5 nitrogen and oxygen atoms in total. The molecular weight excluding hydrogens is 424 g/mol. The molecule has 6 atom stereocenters. The summed E-state index contributed by atoms with van der Waals surface area (Å²) < 4.78 is 6.12. The number of nitrogens with one attached hydrogen (secondary N) is 1. The van der Waals surface area contributed by atoms with Crippen LogP contribution in [-0.4, -0.2) is 41.9 Å². The number of hydrogen-bond donors (Lipinski definition) is 2. The standard InChI is InChI=1S/C29H36N2O3/c32-28(30-27-11-6-21-14-22-16-24(15-21)29(27,33)17-22)23-7-9-25(10-8-23)31-13-12-26(18-31)34-19-20-4-2-1-3-5-20/h1-5,7-10,21-22,24,26-27,33H,6,11-19H2,(H,30,32)/t21?,22?,24?,26-,27?,29?/m1/s1. The molecule has 4 aliphatic rings. The molecule has 5 unspecified atom stereocenters. The lowest BCUT2D eigenvalue weighted by atomic mass is 9.79. The van der Waals surface area contributed by atoms with E-state index >= 15 is 0 Å². The highest BCUT2D eigenvalue weighted by molar-refractivity contribution is 5.94. The SMILES string of the molecule is O=C(NC1CCC2CC3CC(C2)C1(O)C3)c1ccc(N2CC[C@@H](OCc3ccccc3)C2)cc1. The van der Waals surface area contributed by atoms with Gasteiger partial charge < -0.3 is 20.1 Å². The zero-order chi connectivity index (χ0) is 23.1. The normalized spacial score (nSPS) is 34.3. The van der Waals surface area contributed by atoms with Gasteiger partial charge in [-0.3, -0.25) is 4.79 Å². The Kier molecular flexibility index (Phi) is 5.86. The lowest BCUT2D eigenvalue weighted by Gasteiger charge is -2.36. The molecule has 0 radical (unpaired) electrons. The Morgan fingerprint density at radius 2 is 1.79 bits per heavy atom. The summed E-state index contributed by atoms with van der Waals surface area (Å²) in [5, 5.41) is 14.8. The van der Waals surface area contributed by atoms with Crippen molar-refractivity contribution in [3.63, 3.8) is 0 Å². The molecule has 3 bridgehead atoms. The van der Waals surface area contributed by atoms with E-state index in [0.717, 1.165) is 63.2 Å². The number of fused-ring (bicyclic) bond motifs is 2. The highest BCUT2D eigenvalue weighted by Crippen LogP contribution is 2.55. The molecule has 1 aliphatic heterocycles. The van der Waals surface area contributed by atoms with Gasteiger partial charge >= 0.3 is 0 Å². The van der Waals surface area contributed by atoms with E-state index < -0.39 is 5.60 Å². The highest BCUT2D eigenvalue weighted by Gasteiger charge is 2.56. The fourth-order valence-electron chi connectivity index (χ4n) is 7.23. The van der Waals surface area contributed by atoms with Crippen LogP contribution in [0.15, 0.2) is 54.6 Å². The molecule has 2 aromatic carbocycles. The average molecular weight is 461 g/mol. The van der Waals surface area contributed by atoms with Crippen molar-refractivity contribution in [2.24, 2.45) is 17.8 Å². The van der Waals surface area contributed by atoms with Crippen molar-refractivity contribution in [2.75, 3.05) is 18.0 Å². The number of hydrogen-bond acceptors (Lipinski definition) is 4. The molecule has 0 spiro atoms. The number of anilines is 1. The molecule has 2 aromatic rings. The quantitative estimate of drug-likeness (QED) is 0.664. The topological polar surface area (TPSA) is 61.8 Å². The molecule has 5 heteroatoms. The Hall–Kier alpha value is -2.37. The van der Waals surface area contributed by atoms with E-state index in [-0.39, 0.29) is 18.1 Å². The molecule has 2 N–H and O–H groups in total. The summed E-state index contributed by atoms with van der Waals surface area (Å²) in [4.78, 5) is 15.4. The molecule has 180 valence electrons. The zero-order valence-corrected chi connectivity index (χ0v) is 19.9. The Balaban J connectivity index is 1.05. The van der Waals surface area contributed by atoms with Crippen LogP contribution in [0.2, 0.25) is 0 Å². The van der Waals surface area contributed by atoms with E-state index in [2.05, 4.69) is 22.3 Å². The van der Waals surface area contributed by atoms with Crippen molar-refractivity contribution >= 4 is 11.6 Å². The first-order chi connectivity index (χ1) is 16.6. The maximum absolute atomic E-state index is 13.1. The number of aliphatic hydroxyl groups is 1. The van der Waals surface area contributed by atoms with Gasteiger partial charge in [-0.15, -0.1) is 0 Å². The lowest BCUT2D eigenvalue weighted by Crippen LogP contribution is -2.54. The maximum atomic E-state index is 13.1. The molecule has 34 heavy (non-hydrogen) atoms. The minimum absolute atomic E-state index is 0.0586. The fraction of sp³-hybridized carbons (Fsp3) is 0.552. The van der Waals surface area contributed by atoms with Crippen LogP contribution >= 0.6 is 0 Å². The number of ether oxygens (including phenoxy) is 1. The molecule has 4 fully saturated rings. The Labute approximate surface area is 202 Å². The first kappa shape index (κ1) is 22.1. The maximum Gasteiger partial charge on any atom is 0.251 e. The van der Waals surface area contributed by atoms with Crippen molar-refractivity contribution in [1.82, 2.24) is 5.32 Å². The molecule has 1 heterocycles. The van der Waals surface area contributed by atoms with Crippen molar-refractivity contribution in [3.05, 3.63) is 65.7 Å². The van der Waals surface area contributed by atoms with Crippen LogP contribution in [0, 0.1) is 17.8 Å². The van der Waals surface area contributed by atoms with Crippen LogP contribution in [-0.2, 0) is 11.3 Å². The average Bonchev–Trinajstić information content (AvgIpc) is 3.40. The second-order valence-corrected chi connectivity index (χ2v) is 11.1. The third-order valence-electron chi connectivity index (χ3n) is 8.97. The van der Waals surface area contributed by atoms with Crippen molar-refractivity contribution in [1.29, 1.82) is 0 Å². The molecule has 3 aliphatic carbocycles. The van der Waals surface area contributed by atoms with Gasteiger partial charge in [-0.1, -0.05) is 30.3 Å². The molecule has 1 amide bonds. The first-order valence-corrected chi connectivity index (χ1v) is 13.1. The highest BCUT2D eigenvalue weighted by atomic mass is 16.5. The van der Waals surface area contributed by atoms with Gasteiger partial charge in [0.2, 0.25) is 0 Å². The molecule has 6 rings (SSSR count). The number of benzene rings is 2. The number of carbonyl (C=O) groups is 1. The molecule has 3 saturated carbocycles. The summed E-state index contributed by atoms with van der Waals surface area (Å²) in [5.74, 6) is 1.68. The van der Waals surface area contributed by atoms with Gasteiger partial charge in [0.15, 0.2) is 0 Å². The van der Waals surface area contributed by atoms with E-state index in [4.69, 9.17) is 4.74 Å². The Bertz CT molecular complexity index is 1010. The first-order valence-electron chi connectivity index (χ1n) is 13.1. The minimum Gasteiger partial charge on any atom is -0.387 e. The van der Waals surface area contributed by atoms with Gasteiger partial charge in [-0.25, -0.2) is 0 Å². The molecular formula is C29H36N2O3. The van der Waals surface area contributed by atoms with Crippen LogP contribution in [0.1, 0.15) is 60.9 Å². The number of amides is 1. The Morgan fingerprint density at radius 3 is 2.62 bits per heavy atom. The predicted molar refractivity (Wildman–Crippen MR) is 133 cm³/mol. The summed E-state index contributed by atoms with van der Waals surface area (Å²) in [6, 6.07) is 18.1. The smallest absolute Gasteiger partial charge is 0.251 e. The van der Waals surface area contributed by atoms with Gasteiger partial charge in [-0.2, -0.15) is 0 Å². The van der Waals surface area contributed by atoms with E-state index in [1.54, 1.807) is 0 Å². The van der Waals surface area contributed by atoms with Crippen LogP contribution in [0.4, 0.5) is 5.69 Å². The van der Waals surface area contributed by atoms with Crippen molar-refractivity contribution in [3.8, 4) is 0 Å². The van der Waals surface area contributed by atoms with E-state index in [1.807, 2.05) is 42.5 Å². The largest absolute Gasteiger partial charge is 0.387 e. The number of nitrogens with zero attached hydrogens (tertiary/aromatic N) is 1. The van der Waals surface area contributed by atoms with Crippen molar-refractivity contribution in [2.45, 2.75) is 69.3 Å². The third-order valence-corrected chi connectivity index (χ3v) is 8.97. The van der Waals surface area contributed by atoms with Crippen molar-refractivity contribution < 1.29 is 14.6 Å². The van der Waals surface area contributed by atoms with Crippen LogP contribution in [0.25, 0.3) is 0 Å². The fourth-order valence-corrected chi connectivity index (χ4v) is 7.23. The molecule has 1 saturated heterocycles. The summed E-state index contributed by atoms with van der Waals surface area (Å²) in [7, 11) is 0. The summed E-state index contributed by atoms with van der Waals surface area (Å²) in [6.07, 6.45) is 7.67. The van der Waals surface area contributed by atoms with Crippen LogP contribution < -0.4 is 10.2 Å². The van der Waals surface area contributed by atoms with Gasteiger partial charge in [0.05, 0.1) is 24.4 Å². The minimum atomic E-state index is -0.712. The van der Waals surface area contributed by atoms with E-state index in [0.29, 0.717) is 24.0 Å². The Morgan fingerprint density at radius 1 is 1.00 bits per heavy atom. The van der Waals surface area contributed by atoms with Gasteiger partial charge in [0.25, 0.3) is 5.91 Å². The van der Waals surface area contributed by atoms with Crippen LogP contribution in [0.3, 0.4) is 0 Å². The van der Waals surface area contributed by atoms with Gasteiger partial charge in [0, 0.05) is 24.3 Å². The predicted octanol–water partition coefficient (Wildman–Crippen LogP) is 4.54. The van der Waals surface area contributed by atoms with Gasteiger partial charge in [0.1, 0.15) is 0 Å².